The van der Waals surface area contributed by atoms with Crippen LogP contribution < -0.4 is 10.2 Å². The first kappa shape index (κ1) is 16.4. The van der Waals surface area contributed by atoms with Gasteiger partial charge in [-0.05, 0) is 26.2 Å². The molecule has 1 fully saturated rings. The highest BCUT2D eigenvalue weighted by Gasteiger charge is 2.28. The number of amides is 1. The summed E-state index contributed by atoms with van der Waals surface area (Å²) in [5.41, 5.74) is 1.12. The molecular weight excluding hydrogens is 306 g/mol. The Hall–Kier alpha value is -1.96. The molecule has 0 aromatic heterocycles. The lowest BCUT2D eigenvalue weighted by Gasteiger charge is -2.25. The minimum atomic E-state index is -0.479. The summed E-state index contributed by atoms with van der Waals surface area (Å²) >= 11 is 1.72. The van der Waals surface area contributed by atoms with Crippen LogP contribution in [0.15, 0.2) is 18.2 Å². The van der Waals surface area contributed by atoms with Crippen molar-refractivity contribution in [3.63, 3.8) is 0 Å². The number of nitrogens with zero attached hydrogens (tertiary/aromatic N) is 2. The van der Waals surface area contributed by atoms with Crippen LogP contribution >= 0.6 is 11.8 Å². The second kappa shape index (κ2) is 6.43. The minimum absolute atomic E-state index is 0.00453. The van der Waals surface area contributed by atoms with Gasteiger partial charge in [0.05, 0.1) is 22.8 Å². The molecular formula is C14H19N3O4S. The number of hydrogen-bond donors (Lipinski definition) is 1. The summed E-state index contributed by atoms with van der Waals surface area (Å²) < 4.78 is 4.93. The normalized spacial score (nSPS) is 14.9. The van der Waals surface area contributed by atoms with Gasteiger partial charge in [0.25, 0.3) is 5.69 Å². The number of nitro groups is 1. The minimum Gasteiger partial charge on any atom is -0.447 e. The van der Waals surface area contributed by atoms with Crippen LogP contribution in [0.4, 0.5) is 21.9 Å². The Morgan fingerprint density at radius 2 is 2.23 bits per heavy atom. The second-order valence-electron chi connectivity index (χ2n) is 5.54. The molecule has 8 heteroatoms. The maximum Gasteiger partial charge on any atom is 0.414 e. The Labute approximate surface area is 133 Å². The van der Waals surface area contributed by atoms with Gasteiger partial charge in [-0.15, -0.1) is 0 Å². The van der Waals surface area contributed by atoms with Crippen molar-refractivity contribution in [2.45, 2.75) is 18.6 Å². The molecule has 1 amide bonds. The van der Waals surface area contributed by atoms with Crippen molar-refractivity contribution in [2.75, 3.05) is 36.2 Å². The average molecular weight is 325 g/mol. The van der Waals surface area contributed by atoms with E-state index < -0.39 is 11.0 Å². The van der Waals surface area contributed by atoms with Gasteiger partial charge in [-0.3, -0.25) is 15.0 Å². The van der Waals surface area contributed by atoms with Gasteiger partial charge in [-0.1, -0.05) is 0 Å². The lowest BCUT2D eigenvalue weighted by molar-refractivity contribution is -0.384. The molecule has 0 bridgehead atoms. The van der Waals surface area contributed by atoms with Gasteiger partial charge in [0.15, 0.2) is 0 Å². The van der Waals surface area contributed by atoms with Crippen LogP contribution in [0.5, 0.6) is 0 Å². The Balaban J connectivity index is 2.31. The summed E-state index contributed by atoms with van der Waals surface area (Å²) in [6.45, 7) is 5.54. The molecule has 1 aliphatic rings. The molecule has 1 aromatic rings. The number of carbonyl (C=O) groups is 1. The molecule has 1 saturated heterocycles. The van der Waals surface area contributed by atoms with Crippen molar-refractivity contribution in [3.8, 4) is 0 Å². The molecule has 7 nitrogen and oxygen atoms in total. The highest BCUT2D eigenvalue weighted by atomic mass is 32.2. The Kier molecular flexibility index (Phi) is 4.80. The monoisotopic (exact) mass is 325 g/mol. The van der Waals surface area contributed by atoms with E-state index in [0.717, 1.165) is 0 Å². The van der Waals surface area contributed by atoms with Crippen LogP contribution in [-0.2, 0) is 4.74 Å². The summed E-state index contributed by atoms with van der Waals surface area (Å²) in [6, 6.07) is 4.47. The van der Waals surface area contributed by atoms with Crippen molar-refractivity contribution in [2.24, 2.45) is 0 Å². The van der Waals surface area contributed by atoms with Crippen molar-refractivity contribution >= 4 is 34.9 Å². The number of benzene rings is 1. The van der Waals surface area contributed by atoms with Crippen LogP contribution in [0.3, 0.4) is 0 Å². The highest BCUT2D eigenvalue weighted by Crippen LogP contribution is 2.33. The zero-order chi connectivity index (χ0) is 16.3. The van der Waals surface area contributed by atoms with E-state index in [0.29, 0.717) is 24.5 Å². The first-order valence-corrected chi connectivity index (χ1v) is 8.08. The maximum absolute atomic E-state index is 11.8. The van der Waals surface area contributed by atoms with Gasteiger partial charge < -0.3 is 10.1 Å². The van der Waals surface area contributed by atoms with E-state index >= 15 is 0 Å². The third-order valence-corrected chi connectivity index (χ3v) is 4.75. The van der Waals surface area contributed by atoms with Gasteiger partial charge >= 0.3 is 6.09 Å². The Morgan fingerprint density at radius 1 is 1.50 bits per heavy atom. The van der Waals surface area contributed by atoms with Gasteiger partial charge in [-0.25, -0.2) is 4.79 Å². The quantitative estimate of drug-likeness (QED) is 0.639. The largest absolute Gasteiger partial charge is 0.447 e. The number of hydrogen-bond acceptors (Lipinski definition) is 6. The Bertz CT molecular complexity index is 591. The molecule has 0 spiro atoms. The second-order valence-corrected chi connectivity index (χ2v) is 7.06. The summed E-state index contributed by atoms with van der Waals surface area (Å²) in [5.74, 6) is 0. The van der Waals surface area contributed by atoms with Crippen LogP contribution in [0.25, 0.3) is 0 Å². The molecule has 0 unspecified atom stereocenters. The third kappa shape index (κ3) is 3.62. The average Bonchev–Trinajstić information content (AvgIpc) is 2.91. The number of nitro benzene ring substituents is 1. The molecule has 0 saturated carbocycles. The Morgan fingerprint density at radius 3 is 2.77 bits per heavy atom. The van der Waals surface area contributed by atoms with Gasteiger partial charge in [0.1, 0.15) is 6.61 Å². The third-order valence-electron chi connectivity index (χ3n) is 3.50. The fourth-order valence-corrected chi connectivity index (χ4v) is 2.22. The molecule has 120 valence electrons. The van der Waals surface area contributed by atoms with Crippen LogP contribution in [0, 0.1) is 10.1 Å². The standard InChI is InChI=1S/C14H19N3O4S/c1-14(2,22-3)9-15-11-5-4-10(17(19)20)8-12(11)16-6-7-21-13(16)18/h4-5,8,15H,6-7,9H2,1-3H3. The first-order valence-electron chi connectivity index (χ1n) is 6.86. The first-order chi connectivity index (χ1) is 10.3. The summed E-state index contributed by atoms with van der Waals surface area (Å²) in [4.78, 5) is 23.7. The predicted octanol–water partition coefficient (Wildman–Crippen LogP) is 3.10. The van der Waals surface area contributed by atoms with Crippen molar-refractivity contribution in [3.05, 3.63) is 28.3 Å². The van der Waals surface area contributed by atoms with Crippen molar-refractivity contribution in [1.82, 2.24) is 0 Å². The highest BCUT2D eigenvalue weighted by molar-refractivity contribution is 7.99. The topological polar surface area (TPSA) is 84.7 Å². The number of ether oxygens (including phenoxy) is 1. The lowest BCUT2D eigenvalue weighted by atomic mass is 10.1. The number of cyclic esters (lactones) is 1. The van der Waals surface area contributed by atoms with E-state index in [1.54, 1.807) is 17.8 Å². The van der Waals surface area contributed by atoms with Crippen molar-refractivity contribution in [1.29, 1.82) is 0 Å². The molecule has 2 rings (SSSR count). The zero-order valence-electron chi connectivity index (χ0n) is 12.8. The lowest BCUT2D eigenvalue weighted by Crippen LogP contribution is -2.28. The zero-order valence-corrected chi connectivity index (χ0v) is 13.6. The smallest absolute Gasteiger partial charge is 0.414 e. The summed E-state index contributed by atoms with van der Waals surface area (Å²) in [5, 5.41) is 14.2. The summed E-state index contributed by atoms with van der Waals surface area (Å²) in [7, 11) is 0. The van der Waals surface area contributed by atoms with Crippen LogP contribution in [0.1, 0.15) is 13.8 Å². The predicted molar refractivity (Wildman–Crippen MR) is 87.9 cm³/mol. The van der Waals surface area contributed by atoms with Gasteiger partial charge in [0, 0.05) is 23.4 Å². The molecule has 1 aromatic carbocycles. The molecule has 22 heavy (non-hydrogen) atoms. The van der Waals surface area contributed by atoms with E-state index in [4.69, 9.17) is 4.74 Å². The number of rotatable bonds is 6. The fourth-order valence-electron chi connectivity index (χ4n) is 2.00. The van der Waals surface area contributed by atoms with E-state index in [-0.39, 0.29) is 17.0 Å². The number of thioether (sulfide) groups is 1. The number of anilines is 2. The number of carbonyl (C=O) groups excluding carboxylic acids is 1. The van der Waals surface area contributed by atoms with Gasteiger partial charge in [0.2, 0.25) is 0 Å². The van der Waals surface area contributed by atoms with Crippen LogP contribution in [0.2, 0.25) is 0 Å². The molecule has 1 aliphatic heterocycles. The fraction of sp³-hybridized carbons (Fsp3) is 0.500. The molecule has 0 atom stereocenters. The summed E-state index contributed by atoms with van der Waals surface area (Å²) in [6.07, 6.45) is 1.55. The van der Waals surface area contributed by atoms with Crippen LogP contribution in [-0.4, -0.2) is 41.7 Å². The van der Waals surface area contributed by atoms with E-state index in [1.807, 2.05) is 6.26 Å². The van der Waals surface area contributed by atoms with E-state index in [9.17, 15) is 14.9 Å². The van der Waals surface area contributed by atoms with E-state index in [1.165, 1.54) is 17.0 Å². The number of nitrogens with one attached hydrogen (secondary N) is 1. The molecule has 0 aliphatic carbocycles. The SMILES string of the molecule is CSC(C)(C)CNc1ccc([N+](=O)[O-])cc1N1CCOC1=O. The molecule has 0 radical (unpaired) electrons. The molecule has 1 N–H and O–H groups in total. The molecule has 1 heterocycles. The maximum atomic E-state index is 11.8. The van der Waals surface area contributed by atoms with E-state index in [2.05, 4.69) is 19.2 Å². The van der Waals surface area contributed by atoms with Crippen molar-refractivity contribution < 1.29 is 14.5 Å². The number of non-ortho nitro benzene ring substituents is 1. The van der Waals surface area contributed by atoms with Gasteiger partial charge in [-0.2, -0.15) is 11.8 Å².